The van der Waals surface area contributed by atoms with Crippen LogP contribution in [0.5, 0.6) is 0 Å². The highest BCUT2D eigenvalue weighted by atomic mass is 16.6. The smallest absolute Gasteiger partial charge is 0.373 e. The summed E-state index contributed by atoms with van der Waals surface area (Å²) in [6.45, 7) is 4.04. The molecule has 0 saturated carbocycles. The monoisotopic (exact) mass is 263 g/mol. The van der Waals surface area contributed by atoms with Crippen molar-refractivity contribution in [2.45, 2.75) is 13.8 Å². The van der Waals surface area contributed by atoms with Gasteiger partial charge in [-0.25, -0.2) is 4.79 Å². The number of primary amides is 1. The molecule has 0 fully saturated rings. The minimum absolute atomic E-state index is 0.0538. The highest BCUT2D eigenvalue weighted by Crippen LogP contribution is 2.14. The van der Waals surface area contributed by atoms with Gasteiger partial charge in [0.15, 0.2) is 0 Å². The number of rotatable bonds is 6. The summed E-state index contributed by atoms with van der Waals surface area (Å²) in [5, 5.41) is 0. The molecule has 0 aliphatic rings. The van der Waals surface area contributed by atoms with Crippen molar-refractivity contribution in [2.24, 2.45) is 5.73 Å². The van der Waals surface area contributed by atoms with E-state index in [-0.39, 0.29) is 12.4 Å². The van der Waals surface area contributed by atoms with Crippen LogP contribution in [0.4, 0.5) is 0 Å². The molecule has 0 atom stereocenters. The second-order valence-corrected chi connectivity index (χ2v) is 3.61. The first-order valence-electron chi connectivity index (χ1n) is 6.00. The van der Waals surface area contributed by atoms with Crippen LogP contribution in [0.3, 0.4) is 0 Å². The Morgan fingerprint density at radius 1 is 1.16 bits per heavy atom. The van der Waals surface area contributed by atoms with Crippen molar-refractivity contribution in [3.8, 4) is 0 Å². The van der Waals surface area contributed by atoms with Crippen LogP contribution >= 0.6 is 0 Å². The minimum Gasteiger partial charge on any atom is -0.487 e. The Kier molecular flexibility index (Phi) is 5.60. The van der Waals surface area contributed by atoms with Gasteiger partial charge < -0.3 is 15.2 Å². The summed E-state index contributed by atoms with van der Waals surface area (Å²) in [6, 6.07) is 6.70. The van der Waals surface area contributed by atoms with Gasteiger partial charge in [-0.1, -0.05) is 18.2 Å². The van der Waals surface area contributed by atoms with E-state index in [1.54, 1.807) is 38.1 Å². The van der Waals surface area contributed by atoms with Gasteiger partial charge >= 0.3 is 5.97 Å². The molecule has 0 aliphatic heterocycles. The van der Waals surface area contributed by atoms with Crippen molar-refractivity contribution in [1.29, 1.82) is 0 Å². The summed E-state index contributed by atoms with van der Waals surface area (Å²) in [7, 11) is 0. The van der Waals surface area contributed by atoms with Gasteiger partial charge in [0.25, 0.3) is 0 Å². The number of nitrogens with two attached hydrogens (primary N) is 1. The quantitative estimate of drug-likeness (QED) is 0.481. The molecule has 0 unspecified atom stereocenters. The predicted molar refractivity (Wildman–Crippen MR) is 71.2 cm³/mol. The number of carbonyl (C=O) groups excluding carboxylic acids is 2. The van der Waals surface area contributed by atoms with Crippen LogP contribution in [-0.4, -0.2) is 25.1 Å². The fraction of sp³-hybridized carbons (Fsp3) is 0.286. The average Bonchev–Trinajstić information content (AvgIpc) is 2.39. The van der Waals surface area contributed by atoms with Crippen molar-refractivity contribution in [1.82, 2.24) is 0 Å². The zero-order valence-corrected chi connectivity index (χ0v) is 11.0. The van der Waals surface area contributed by atoms with E-state index in [1.165, 1.54) is 6.08 Å². The number of ether oxygens (including phenoxy) is 2. The Balaban J connectivity index is 3.14. The van der Waals surface area contributed by atoms with E-state index in [0.717, 1.165) is 0 Å². The van der Waals surface area contributed by atoms with Crippen LogP contribution in [0, 0.1) is 0 Å². The Bertz CT molecular complexity index is 494. The van der Waals surface area contributed by atoms with E-state index in [2.05, 4.69) is 0 Å². The maximum atomic E-state index is 11.7. The Hall–Kier alpha value is -2.30. The first-order chi connectivity index (χ1) is 9.10. The lowest BCUT2D eigenvalue weighted by atomic mass is 10.1. The third kappa shape index (κ3) is 4.13. The minimum atomic E-state index is -0.566. The highest BCUT2D eigenvalue weighted by Gasteiger charge is 2.14. The average molecular weight is 263 g/mol. The van der Waals surface area contributed by atoms with Crippen LogP contribution in [0.2, 0.25) is 0 Å². The molecular formula is C14H17NO4. The van der Waals surface area contributed by atoms with Gasteiger partial charge in [0.1, 0.15) is 0 Å². The number of benzene rings is 1. The largest absolute Gasteiger partial charge is 0.487 e. The van der Waals surface area contributed by atoms with Gasteiger partial charge in [-0.3, -0.25) is 4.79 Å². The maximum absolute atomic E-state index is 11.7. The van der Waals surface area contributed by atoms with Gasteiger partial charge in [0.05, 0.1) is 13.2 Å². The molecule has 5 heteroatoms. The molecule has 1 aromatic rings. The molecule has 5 nitrogen and oxygen atoms in total. The second-order valence-electron chi connectivity index (χ2n) is 3.61. The van der Waals surface area contributed by atoms with Crippen LogP contribution in [0.25, 0.3) is 6.08 Å². The van der Waals surface area contributed by atoms with Crippen LogP contribution in [0.15, 0.2) is 30.0 Å². The van der Waals surface area contributed by atoms with Crippen LogP contribution in [-0.2, 0) is 14.3 Å². The molecule has 102 valence electrons. The maximum Gasteiger partial charge on any atom is 0.373 e. The third-order valence-corrected chi connectivity index (χ3v) is 2.29. The van der Waals surface area contributed by atoms with E-state index in [9.17, 15) is 9.59 Å². The molecule has 0 spiro atoms. The fourth-order valence-electron chi connectivity index (χ4n) is 1.51. The van der Waals surface area contributed by atoms with Gasteiger partial charge in [0.2, 0.25) is 11.7 Å². The van der Waals surface area contributed by atoms with Crippen LogP contribution in [0.1, 0.15) is 29.8 Å². The lowest BCUT2D eigenvalue weighted by Gasteiger charge is -2.08. The summed E-state index contributed by atoms with van der Waals surface area (Å²) in [5.74, 6) is -1.08. The summed E-state index contributed by atoms with van der Waals surface area (Å²) >= 11 is 0. The molecule has 0 bridgehead atoms. The van der Waals surface area contributed by atoms with E-state index in [0.29, 0.717) is 17.7 Å². The molecule has 0 aliphatic carbocycles. The number of amides is 1. The van der Waals surface area contributed by atoms with E-state index < -0.39 is 11.9 Å². The topological polar surface area (TPSA) is 78.6 Å². The van der Waals surface area contributed by atoms with Crippen molar-refractivity contribution < 1.29 is 19.1 Å². The van der Waals surface area contributed by atoms with Crippen molar-refractivity contribution in [2.75, 3.05) is 13.2 Å². The molecule has 0 aromatic heterocycles. The van der Waals surface area contributed by atoms with Gasteiger partial charge in [-0.05, 0) is 31.6 Å². The predicted octanol–water partition coefficient (Wildman–Crippen LogP) is 1.73. The Morgan fingerprint density at radius 3 is 2.37 bits per heavy atom. The van der Waals surface area contributed by atoms with Gasteiger partial charge in [-0.15, -0.1) is 0 Å². The first kappa shape index (κ1) is 14.8. The lowest BCUT2D eigenvalue weighted by Crippen LogP contribution is -2.14. The summed E-state index contributed by atoms with van der Waals surface area (Å²) in [6.07, 6.45) is 1.46. The Labute approximate surface area is 112 Å². The second kappa shape index (κ2) is 7.20. The van der Waals surface area contributed by atoms with Crippen molar-refractivity contribution in [3.63, 3.8) is 0 Å². The SMILES string of the molecule is CCOC(=O)/C(=C\c1ccccc1C(N)=O)OCC. The molecule has 0 radical (unpaired) electrons. The number of carbonyl (C=O) groups is 2. The van der Waals surface area contributed by atoms with E-state index in [1.807, 2.05) is 0 Å². The molecule has 1 aromatic carbocycles. The molecule has 0 saturated heterocycles. The zero-order valence-electron chi connectivity index (χ0n) is 11.0. The summed E-state index contributed by atoms with van der Waals surface area (Å²) in [4.78, 5) is 23.0. The molecule has 1 rings (SSSR count). The molecule has 1 amide bonds. The fourth-order valence-corrected chi connectivity index (χ4v) is 1.51. The van der Waals surface area contributed by atoms with Gasteiger partial charge in [-0.2, -0.15) is 0 Å². The molecular weight excluding hydrogens is 246 g/mol. The first-order valence-corrected chi connectivity index (χ1v) is 6.00. The van der Waals surface area contributed by atoms with Gasteiger partial charge in [0, 0.05) is 5.56 Å². The van der Waals surface area contributed by atoms with Crippen molar-refractivity contribution in [3.05, 3.63) is 41.2 Å². The van der Waals surface area contributed by atoms with Crippen LogP contribution < -0.4 is 5.73 Å². The van der Waals surface area contributed by atoms with Crippen molar-refractivity contribution >= 4 is 18.0 Å². The van der Waals surface area contributed by atoms with E-state index in [4.69, 9.17) is 15.2 Å². The number of hydrogen-bond donors (Lipinski definition) is 1. The number of hydrogen-bond acceptors (Lipinski definition) is 4. The summed E-state index contributed by atoms with van der Waals surface area (Å²) < 4.78 is 10.1. The summed E-state index contributed by atoms with van der Waals surface area (Å²) in [5.41, 5.74) is 6.12. The number of esters is 1. The lowest BCUT2D eigenvalue weighted by molar-refractivity contribution is -0.142. The third-order valence-electron chi connectivity index (χ3n) is 2.29. The van der Waals surface area contributed by atoms with E-state index >= 15 is 0 Å². The highest BCUT2D eigenvalue weighted by molar-refractivity contribution is 5.99. The normalized spacial score (nSPS) is 10.9. The molecule has 0 heterocycles. The molecule has 19 heavy (non-hydrogen) atoms. The molecule has 2 N–H and O–H groups in total. The zero-order chi connectivity index (χ0) is 14.3. The standard InChI is InChI=1S/C14H17NO4/c1-3-18-12(14(17)19-4-2)9-10-7-5-6-8-11(10)13(15)16/h5-9H,3-4H2,1-2H3,(H2,15,16)/b12-9+. The Morgan fingerprint density at radius 2 is 1.79 bits per heavy atom.